The first-order chi connectivity index (χ1) is 5.74. The summed E-state index contributed by atoms with van der Waals surface area (Å²) in [5, 5.41) is 0. The van der Waals surface area contributed by atoms with Crippen LogP contribution in [0.4, 0.5) is 0 Å². The molecule has 0 heterocycles. The summed E-state index contributed by atoms with van der Waals surface area (Å²) in [4.78, 5) is 2.19. The molecular weight excluding hydrogens is 152 g/mol. The summed E-state index contributed by atoms with van der Waals surface area (Å²) in [5.74, 6) is 0. The van der Waals surface area contributed by atoms with Gasteiger partial charge in [-0.05, 0) is 13.5 Å². The normalized spacial score (nSPS) is 13.3. The highest BCUT2D eigenvalue weighted by Gasteiger charge is 2.05. The summed E-state index contributed by atoms with van der Waals surface area (Å²) in [7, 11) is 3.76. The lowest BCUT2D eigenvalue weighted by Crippen LogP contribution is -2.28. The van der Waals surface area contributed by atoms with E-state index in [1.54, 1.807) is 7.11 Å². The van der Waals surface area contributed by atoms with Crippen molar-refractivity contribution in [2.24, 2.45) is 5.73 Å². The number of ether oxygens (including phenoxy) is 1. The van der Waals surface area contributed by atoms with Crippen LogP contribution >= 0.6 is 0 Å². The van der Waals surface area contributed by atoms with E-state index in [0.717, 1.165) is 19.5 Å². The van der Waals surface area contributed by atoms with Gasteiger partial charge in [0.1, 0.15) is 0 Å². The molecule has 0 radical (unpaired) electrons. The van der Waals surface area contributed by atoms with Crippen molar-refractivity contribution >= 4 is 0 Å². The molecule has 0 aliphatic carbocycles. The summed E-state index contributed by atoms with van der Waals surface area (Å²) >= 11 is 0. The highest BCUT2D eigenvalue weighted by molar-refractivity contribution is 4.72. The molecule has 0 fully saturated rings. The fourth-order valence-corrected chi connectivity index (χ4v) is 1.01. The molecular formula is C9H20N2O. The molecule has 0 bridgehead atoms. The van der Waals surface area contributed by atoms with Gasteiger partial charge in [0.2, 0.25) is 0 Å². The average molecular weight is 172 g/mol. The van der Waals surface area contributed by atoms with Crippen LogP contribution in [0.25, 0.3) is 0 Å². The van der Waals surface area contributed by atoms with Crippen LogP contribution in [0.15, 0.2) is 12.7 Å². The summed E-state index contributed by atoms with van der Waals surface area (Å²) in [6, 6.07) is 0. The zero-order valence-corrected chi connectivity index (χ0v) is 8.12. The number of likely N-dealkylation sites (N-methyl/N-ethyl adjacent to an activating group) is 1. The molecule has 3 nitrogen and oxygen atoms in total. The summed E-state index contributed by atoms with van der Waals surface area (Å²) in [6.45, 7) is 6.19. The highest BCUT2D eigenvalue weighted by atomic mass is 16.5. The molecule has 1 unspecified atom stereocenters. The number of hydrogen-bond acceptors (Lipinski definition) is 3. The van der Waals surface area contributed by atoms with Crippen molar-refractivity contribution in [3.05, 3.63) is 12.7 Å². The van der Waals surface area contributed by atoms with Crippen LogP contribution in [0.5, 0.6) is 0 Å². The molecule has 0 aromatic rings. The first-order valence-electron chi connectivity index (χ1n) is 4.26. The first-order valence-corrected chi connectivity index (χ1v) is 4.26. The fraction of sp³-hybridized carbons (Fsp3) is 0.778. The first kappa shape index (κ1) is 11.6. The number of rotatable bonds is 7. The zero-order valence-electron chi connectivity index (χ0n) is 8.12. The fourth-order valence-electron chi connectivity index (χ4n) is 1.01. The van der Waals surface area contributed by atoms with Crippen molar-refractivity contribution in [1.29, 1.82) is 0 Å². The van der Waals surface area contributed by atoms with E-state index in [9.17, 15) is 0 Å². The lowest BCUT2D eigenvalue weighted by molar-refractivity contribution is 0.0938. The standard InChI is InChI=1S/C9H20N2O/c1-4-6-11(2)7-5-9(8-10)12-3/h4,9H,1,5-8,10H2,2-3H3. The molecule has 0 spiro atoms. The second-order valence-corrected chi connectivity index (χ2v) is 2.93. The number of hydrogen-bond donors (Lipinski definition) is 1. The van der Waals surface area contributed by atoms with Gasteiger partial charge in [-0.2, -0.15) is 0 Å². The van der Waals surface area contributed by atoms with Crippen LogP contribution < -0.4 is 5.73 Å². The summed E-state index contributed by atoms with van der Waals surface area (Å²) in [5.41, 5.74) is 5.48. The smallest absolute Gasteiger partial charge is 0.0705 e. The van der Waals surface area contributed by atoms with Crippen LogP contribution in [0, 0.1) is 0 Å². The van der Waals surface area contributed by atoms with Crippen LogP contribution in [0.3, 0.4) is 0 Å². The molecule has 0 aliphatic heterocycles. The Hall–Kier alpha value is -0.380. The Balaban J connectivity index is 3.43. The van der Waals surface area contributed by atoms with Crippen LogP contribution in [-0.4, -0.2) is 44.8 Å². The van der Waals surface area contributed by atoms with Gasteiger partial charge in [-0.25, -0.2) is 0 Å². The monoisotopic (exact) mass is 172 g/mol. The largest absolute Gasteiger partial charge is 0.380 e. The third kappa shape index (κ3) is 5.29. The van der Waals surface area contributed by atoms with Gasteiger partial charge in [0.15, 0.2) is 0 Å². The molecule has 3 heteroatoms. The number of nitrogens with two attached hydrogens (primary N) is 1. The SMILES string of the molecule is C=CCN(C)CCC(CN)OC. The Kier molecular flexibility index (Phi) is 7.05. The molecule has 0 rings (SSSR count). The van der Waals surface area contributed by atoms with Crippen molar-refractivity contribution < 1.29 is 4.74 Å². The molecule has 12 heavy (non-hydrogen) atoms. The third-order valence-electron chi connectivity index (χ3n) is 1.87. The number of methoxy groups -OCH3 is 1. The molecule has 2 N–H and O–H groups in total. The van der Waals surface area contributed by atoms with Crippen LogP contribution in [0.2, 0.25) is 0 Å². The molecule has 0 saturated carbocycles. The van der Waals surface area contributed by atoms with E-state index in [1.807, 2.05) is 6.08 Å². The van der Waals surface area contributed by atoms with Crippen LogP contribution in [-0.2, 0) is 4.74 Å². The van der Waals surface area contributed by atoms with E-state index in [1.165, 1.54) is 0 Å². The van der Waals surface area contributed by atoms with Crippen molar-refractivity contribution in [3.8, 4) is 0 Å². The molecule has 72 valence electrons. The van der Waals surface area contributed by atoms with Crippen LogP contribution in [0.1, 0.15) is 6.42 Å². The minimum absolute atomic E-state index is 0.192. The third-order valence-corrected chi connectivity index (χ3v) is 1.87. The van der Waals surface area contributed by atoms with Crippen molar-refractivity contribution in [2.75, 3.05) is 33.8 Å². The lowest BCUT2D eigenvalue weighted by atomic mass is 10.2. The Labute approximate surface area is 75.2 Å². The maximum atomic E-state index is 5.48. The Morgan fingerprint density at radius 2 is 2.33 bits per heavy atom. The maximum Gasteiger partial charge on any atom is 0.0705 e. The van der Waals surface area contributed by atoms with Gasteiger partial charge in [0.25, 0.3) is 0 Å². The molecule has 1 atom stereocenters. The predicted molar refractivity (Wildman–Crippen MR) is 52.2 cm³/mol. The second kappa shape index (κ2) is 7.28. The van der Waals surface area contributed by atoms with Crippen molar-refractivity contribution in [1.82, 2.24) is 4.90 Å². The van der Waals surface area contributed by atoms with Gasteiger partial charge in [-0.15, -0.1) is 6.58 Å². The molecule has 0 amide bonds. The Morgan fingerprint density at radius 3 is 2.75 bits per heavy atom. The van der Waals surface area contributed by atoms with Gasteiger partial charge in [0.05, 0.1) is 6.10 Å². The van der Waals surface area contributed by atoms with E-state index < -0.39 is 0 Å². The molecule has 0 aromatic carbocycles. The maximum absolute atomic E-state index is 5.48. The minimum Gasteiger partial charge on any atom is -0.380 e. The van der Waals surface area contributed by atoms with Crippen molar-refractivity contribution in [2.45, 2.75) is 12.5 Å². The minimum atomic E-state index is 0.192. The molecule has 0 aliphatic rings. The Morgan fingerprint density at radius 1 is 1.67 bits per heavy atom. The van der Waals surface area contributed by atoms with Gasteiger partial charge in [0, 0.05) is 26.7 Å². The average Bonchev–Trinajstić information content (AvgIpc) is 2.07. The van der Waals surface area contributed by atoms with Crippen molar-refractivity contribution in [3.63, 3.8) is 0 Å². The van der Waals surface area contributed by atoms with E-state index in [-0.39, 0.29) is 6.10 Å². The number of nitrogens with zero attached hydrogens (tertiary/aromatic N) is 1. The van der Waals surface area contributed by atoms with E-state index in [0.29, 0.717) is 6.54 Å². The molecule has 0 saturated heterocycles. The predicted octanol–water partition coefficient (Wildman–Crippen LogP) is 0.468. The quantitative estimate of drug-likeness (QED) is 0.567. The topological polar surface area (TPSA) is 38.5 Å². The highest BCUT2D eigenvalue weighted by Crippen LogP contribution is 1.96. The van der Waals surface area contributed by atoms with E-state index in [2.05, 4.69) is 18.5 Å². The Bertz CT molecular complexity index is 113. The lowest BCUT2D eigenvalue weighted by Gasteiger charge is -2.18. The van der Waals surface area contributed by atoms with E-state index in [4.69, 9.17) is 10.5 Å². The van der Waals surface area contributed by atoms with Gasteiger partial charge >= 0.3 is 0 Å². The summed E-state index contributed by atoms with van der Waals surface area (Å²) < 4.78 is 5.15. The van der Waals surface area contributed by atoms with Gasteiger partial charge in [-0.1, -0.05) is 6.08 Å². The van der Waals surface area contributed by atoms with E-state index >= 15 is 0 Å². The van der Waals surface area contributed by atoms with Gasteiger partial charge < -0.3 is 15.4 Å². The second-order valence-electron chi connectivity index (χ2n) is 2.93. The molecule has 0 aromatic heterocycles. The zero-order chi connectivity index (χ0) is 9.40. The summed E-state index contributed by atoms with van der Waals surface area (Å²) in [6.07, 6.45) is 3.07. The van der Waals surface area contributed by atoms with Gasteiger partial charge in [-0.3, -0.25) is 0 Å².